The van der Waals surface area contributed by atoms with Gasteiger partial charge in [-0.2, -0.15) is 0 Å². The first-order valence-corrected chi connectivity index (χ1v) is 14.7. The van der Waals surface area contributed by atoms with Crippen LogP contribution in [0, 0.1) is 34.0 Å². The maximum absolute atomic E-state index is 9.50. The second kappa shape index (κ2) is 8.56. The summed E-state index contributed by atoms with van der Waals surface area (Å²) in [7, 11) is 1.96. The summed E-state index contributed by atoms with van der Waals surface area (Å²) >= 11 is 0. The standard InChI is InChI=1S/C31H49NO4/c1-20-7-10-24(35-16-15-33)26-25(20)30-13-14-32(19-22-8-9-22)21(2)29(30)11-12-31(34-6,27(30)36-26)23(18-29)17-28(3,4)5/h7,10,21-23,25-27,33H,8-9,11-19H2,1-6H3/t21?,23?,25?,26?,27?,29?,30-,31+/m1/s1. The SMILES string of the molecule is CO[C@@]12CCC3(CC1CC(C)(C)C)C(C)N(CC1CC1)CC[C@]31C3C(C)=CC=C(OCCO)C3OC21. The van der Waals surface area contributed by atoms with E-state index in [1.807, 2.05) is 7.11 Å². The quantitative estimate of drug-likeness (QED) is 0.513. The summed E-state index contributed by atoms with van der Waals surface area (Å²) in [6.45, 7) is 14.8. The van der Waals surface area contributed by atoms with Gasteiger partial charge in [-0.15, -0.1) is 0 Å². The van der Waals surface area contributed by atoms with E-state index in [0.717, 1.165) is 24.6 Å². The molecule has 0 aromatic heterocycles. The first kappa shape index (κ1) is 25.4. The zero-order chi connectivity index (χ0) is 25.5. The van der Waals surface area contributed by atoms with Gasteiger partial charge in [-0.3, -0.25) is 4.90 Å². The molecule has 5 heteroatoms. The Kier molecular flexibility index (Phi) is 6.04. The van der Waals surface area contributed by atoms with Crippen molar-refractivity contribution in [2.24, 2.45) is 34.0 Å². The van der Waals surface area contributed by atoms with E-state index in [0.29, 0.717) is 24.5 Å². The summed E-state index contributed by atoms with van der Waals surface area (Å²) in [5, 5.41) is 9.50. The topological polar surface area (TPSA) is 51.2 Å². The highest BCUT2D eigenvalue weighted by molar-refractivity contribution is 5.39. The van der Waals surface area contributed by atoms with E-state index >= 15 is 0 Å². The maximum atomic E-state index is 9.50. The predicted octanol–water partition coefficient (Wildman–Crippen LogP) is 5.33. The Morgan fingerprint density at radius 2 is 1.94 bits per heavy atom. The highest BCUT2D eigenvalue weighted by atomic mass is 16.6. The number of hydrogen-bond donors (Lipinski definition) is 1. The van der Waals surface area contributed by atoms with E-state index in [4.69, 9.17) is 14.2 Å². The molecule has 0 aromatic rings. The molecule has 2 heterocycles. The van der Waals surface area contributed by atoms with Gasteiger partial charge in [0.15, 0.2) is 0 Å². The van der Waals surface area contributed by atoms with Crippen LogP contribution in [0.2, 0.25) is 0 Å². The number of likely N-dealkylation sites (tertiary alicyclic amines) is 1. The zero-order valence-electron chi connectivity index (χ0n) is 23.5. The fourth-order valence-electron chi connectivity index (χ4n) is 10.0. The summed E-state index contributed by atoms with van der Waals surface area (Å²) in [4.78, 5) is 2.87. The van der Waals surface area contributed by atoms with E-state index in [9.17, 15) is 5.11 Å². The van der Waals surface area contributed by atoms with Gasteiger partial charge in [-0.1, -0.05) is 32.4 Å². The second-order valence-corrected chi connectivity index (χ2v) is 14.4. The monoisotopic (exact) mass is 499 g/mol. The summed E-state index contributed by atoms with van der Waals surface area (Å²) in [5.41, 5.74) is 1.71. The fourth-order valence-corrected chi connectivity index (χ4v) is 10.0. The molecule has 36 heavy (non-hydrogen) atoms. The number of fused-ring (bicyclic) bond motifs is 3. The molecule has 2 saturated heterocycles. The zero-order valence-corrected chi connectivity index (χ0v) is 23.5. The van der Waals surface area contributed by atoms with Crippen LogP contribution in [-0.2, 0) is 14.2 Å². The molecule has 2 aliphatic heterocycles. The first-order chi connectivity index (χ1) is 17.1. The molecule has 5 nitrogen and oxygen atoms in total. The van der Waals surface area contributed by atoms with Crippen LogP contribution in [0.4, 0.5) is 0 Å². The van der Waals surface area contributed by atoms with E-state index in [1.54, 1.807) is 0 Å². The van der Waals surface area contributed by atoms with E-state index in [1.165, 1.54) is 50.6 Å². The molecule has 7 aliphatic rings. The largest absolute Gasteiger partial charge is 0.493 e. The number of hydrogen-bond acceptors (Lipinski definition) is 5. The molecule has 0 radical (unpaired) electrons. The Hall–Kier alpha value is -0.880. The lowest BCUT2D eigenvalue weighted by Gasteiger charge is -2.74. The van der Waals surface area contributed by atoms with Crippen LogP contribution in [-0.4, -0.2) is 67.3 Å². The Morgan fingerprint density at radius 3 is 2.61 bits per heavy atom. The van der Waals surface area contributed by atoms with Crippen LogP contribution in [0.25, 0.3) is 0 Å². The summed E-state index contributed by atoms with van der Waals surface area (Å²) < 4.78 is 20.1. The number of piperidine rings is 1. The molecule has 0 amide bonds. The van der Waals surface area contributed by atoms with Crippen molar-refractivity contribution in [2.45, 2.75) is 103 Å². The highest BCUT2D eigenvalue weighted by Gasteiger charge is 2.80. The number of aliphatic hydroxyl groups is 1. The van der Waals surface area contributed by atoms with Crippen LogP contribution in [0.15, 0.2) is 23.5 Å². The molecular weight excluding hydrogens is 450 g/mol. The highest BCUT2D eigenvalue weighted by Crippen LogP contribution is 2.77. The third kappa shape index (κ3) is 3.41. The van der Waals surface area contributed by atoms with E-state index in [-0.39, 0.29) is 40.7 Å². The summed E-state index contributed by atoms with van der Waals surface area (Å²) in [5.74, 6) is 2.63. The van der Waals surface area contributed by atoms with Gasteiger partial charge in [0.05, 0.1) is 18.3 Å². The average molecular weight is 500 g/mol. The van der Waals surface area contributed by atoms with Crippen LogP contribution in [0.3, 0.4) is 0 Å². The Morgan fingerprint density at radius 1 is 1.17 bits per heavy atom. The maximum Gasteiger partial charge on any atom is 0.126 e. The number of methoxy groups -OCH3 is 1. The van der Waals surface area contributed by atoms with Crippen molar-refractivity contribution < 1.29 is 19.3 Å². The van der Waals surface area contributed by atoms with E-state index in [2.05, 4.69) is 51.7 Å². The molecule has 2 spiro atoms. The molecule has 8 atom stereocenters. The van der Waals surface area contributed by atoms with Crippen LogP contribution < -0.4 is 0 Å². The number of nitrogens with zero attached hydrogens (tertiary/aromatic N) is 1. The molecule has 2 bridgehead atoms. The van der Waals surface area contributed by atoms with Gasteiger partial charge in [-0.25, -0.2) is 0 Å². The van der Waals surface area contributed by atoms with Crippen molar-refractivity contribution in [1.82, 2.24) is 4.90 Å². The molecule has 0 aromatic carbocycles. The van der Waals surface area contributed by atoms with Crippen molar-refractivity contribution >= 4 is 0 Å². The third-order valence-corrected chi connectivity index (χ3v) is 11.5. The van der Waals surface area contributed by atoms with Crippen molar-refractivity contribution in [3.05, 3.63) is 23.5 Å². The minimum atomic E-state index is -0.243. The fraction of sp³-hybridized carbons (Fsp3) is 0.871. The van der Waals surface area contributed by atoms with Crippen molar-refractivity contribution in [1.29, 1.82) is 0 Å². The van der Waals surface area contributed by atoms with Gasteiger partial charge in [-0.05, 0) is 94.1 Å². The Balaban J connectivity index is 1.48. The lowest BCUT2D eigenvalue weighted by Crippen LogP contribution is -2.78. The lowest BCUT2D eigenvalue weighted by atomic mass is 9.34. The van der Waals surface area contributed by atoms with Crippen molar-refractivity contribution in [3.63, 3.8) is 0 Å². The first-order valence-electron chi connectivity index (χ1n) is 14.7. The molecule has 4 saturated carbocycles. The van der Waals surface area contributed by atoms with Gasteiger partial charge in [0, 0.05) is 31.0 Å². The van der Waals surface area contributed by atoms with Gasteiger partial charge in [0.1, 0.15) is 18.5 Å². The van der Waals surface area contributed by atoms with Crippen LogP contribution in [0.5, 0.6) is 0 Å². The molecule has 1 N–H and O–H groups in total. The molecular formula is C31H49NO4. The normalized spacial score (nSPS) is 46.0. The molecule has 7 rings (SSSR count). The predicted molar refractivity (Wildman–Crippen MR) is 141 cm³/mol. The average Bonchev–Trinajstić information content (AvgIpc) is 3.57. The van der Waals surface area contributed by atoms with Crippen molar-refractivity contribution in [2.75, 3.05) is 33.4 Å². The summed E-state index contributed by atoms with van der Waals surface area (Å²) in [6, 6.07) is 0.551. The molecule has 202 valence electrons. The van der Waals surface area contributed by atoms with Crippen molar-refractivity contribution in [3.8, 4) is 0 Å². The number of ether oxygens (including phenoxy) is 3. The minimum Gasteiger partial charge on any atom is -0.493 e. The molecule has 6 fully saturated rings. The van der Waals surface area contributed by atoms with Gasteiger partial charge < -0.3 is 19.3 Å². The third-order valence-electron chi connectivity index (χ3n) is 11.5. The molecule has 5 aliphatic carbocycles. The number of rotatable bonds is 7. The smallest absolute Gasteiger partial charge is 0.126 e. The van der Waals surface area contributed by atoms with E-state index < -0.39 is 0 Å². The Bertz CT molecular complexity index is 933. The van der Waals surface area contributed by atoms with Gasteiger partial charge in [0.25, 0.3) is 0 Å². The van der Waals surface area contributed by atoms with Gasteiger partial charge in [0.2, 0.25) is 0 Å². The van der Waals surface area contributed by atoms with Crippen LogP contribution >= 0.6 is 0 Å². The number of aliphatic hydroxyl groups excluding tert-OH is 1. The van der Waals surface area contributed by atoms with Gasteiger partial charge >= 0.3 is 0 Å². The number of allylic oxidation sites excluding steroid dienone is 2. The molecule has 6 unspecified atom stereocenters. The summed E-state index contributed by atoms with van der Waals surface area (Å²) in [6.07, 6.45) is 13.1. The Labute approximate surface area is 218 Å². The second-order valence-electron chi connectivity index (χ2n) is 14.4. The minimum absolute atomic E-state index is 0.0265. The van der Waals surface area contributed by atoms with Crippen LogP contribution in [0.1, 0.15) is 79.6 Å². The lowest BCUT2D eigenvalue weighted by molar-refractivity contribution is -0.309.